The van der Waals surface area contributed by atoms with Crippen molar-refractivity contribution in [2.24, 2.45) is 0 Å². The Kier molecular flexibility index (Phi) is 8.93. The third kappa shape index (κ3) is 7.05. The molecule has 0 unspecified atom stereocenters. The SMILES string of the molecule is O=C1CN(Cc2ccccc2)Cc2c(cccc2C(=O)NC2CCOCC2)OCCCCCN1. The molecule has 0 radical (unpaired) electrons. The van der Waals surface area contributed by atoms with E-state index in [0.29, 0.717) is 45.0 Å². The van der Waals surface area contributed by atoms with Crippen molar-refractivity contribution in [3.63, 3.8) is 0 Å². The molecule has 0 aromatic heterocycles. The summed E-state index contributed by atoms with van der Waals surface area (Å²) in [7, 11) is 0. The molecule has 1 fully saturated rings. The van der Waals surface area contributed by atoms with Crippen LogP contribution in [0, 0.1) is 0 Å². The predicted molar refractivity (Wildman–Crippen MR) is 131 cm³/mol. The molecular formula is C27H35N3O4. The number of benzene rings is 2. The van der Waals surface area contributed by atoms with Crippen LogP contribution in [0.1, 0.15) is 53.6 Å². The van der Waals surface area contributed by atoms with E-state index in [2.05, 4.69) is 27.7 Å². The first-order valence-electron chi connectivity index (χ1n) is 12.4. The molecule has 182 valence electrons. The number of nitrogens with zero attached hydrogens (tertiary/aromatic N) is 1. The zero-order valence-electron chi connectivity index (χ0n) is 19.8. The van der Waals surface area contributed by atoms with Crippen molar-refractivity contribution in [1.29, 1.82) is 0 Å². The Hall–Kier alpha value is -2.90. The molecule has 34 heavy (non-hydrogen) atoms. The second kappa shape index (κ2) is 12.5. The third-order valence-electron chi connectivity index (χ3n) is 6.33. The van der Waals surface area contributed by atoms with Crippen molar-refractivity contribution in [3.05, 3.63) is 65.2 Å². The number of carbonyl (C=O) groups is 2. The van der Waals surface area contributed by atoms with Gasteiger partial charge in [0.1, 0.15) is 5.75 Å². The molecule has 0 aliphatic carbocycles. The fourth-order valence-corrected chi connectivity index (χ4v) is 4.49. The summed E-state index contributed by atoms with van der Waals surface area (Å²) in [6.07, 6.45) is 4.44. The van der Waals surface area contributed by atoms with Gasteiger partial charge < -0.3 is 20.1 Å². The highest BCUT2D eigenvalue weighted by Gasteiger charge is 2.23. The zero-order chi connectivity index (χ0) is 23.6. The van der Waals surface area contributed by atoms with Gasteiger partial charge in [0.25, 0.3) is 5.91 Å². The van der Waals surface area contributed by atoms with Crippen LogP contribution in [0.4, 0.5) is 0 Å². The maximum absolute atomic E-state index is 13.3. The topological polar surface area (TPSA) is 79.9 Å². The van der Waals surface area contributed by atoms with Gasteiger partial charge in [0.2, 0.25) is 5.91 Å². The highest BCUT2D eigenvalue weighted by Crippen LogP contribution is 2.26. The van der Waals surface area contributed by atoms with Crippen molar-refractivity contribution in [2.45, 2.75) is 51.2 Å². The number of amides is 2. The average Bonchev–Trinajstić information content (AvgIpc) is 2.86. The lowest BCUT2D eigenvalue weighted by atomic mass is 10.0. The molecular weight excluding hydrogens is 430 g/mol. The quantitative estimate of drug-likeness (QED) is 0.725. The van der Waals surface area contributed by atoms with Gasteiger partial charge in [-0.15, -0.1) is 0 Å². The minimum absolute atomic E-state index is 0.00165. The lowest BCUT2D eigenvalue weighted by molar-refractivity contribution is -0.122. The molecule has 1 saturated heterocycles. The molecule has 2 aromatic carbocycles. The molecule has 2 aromatic rings. The first-order valence-corrected chi connectivity index (χ1v) is 12.4. The van der Waals surface area contributed by atoms with Crippen LogP contribution in [0.2, 0.25) is 0 Å². The van der Waals surface area contributed by atoms with Crippen LogP contribution in [0.5, 0.6) is 5.75 Å². The van der Waals surface area contributed by atoms with E-state index in [9.17, 15) is 9.59 Å². The average molecular weight is 466 g/mol. The molecule has 0 atom stereocenters. The summed E-state index contributed by atoms with van der Waals surface area (Å²) in [6, 6.07) is 15.9. The van der Waals surface area contributed by atoms with Gasteiger partial charge in [0, 0.05) is 50.0 Å². The maximum atomic E-state index is 13.3. The van der Waals surface area contributed by atoms with Crippen molar-refractivity contribution in [2.75, 3.05) is 32.9 Å². The van der Waals surface area contributed by atoms with Gasteiger partial charge in [-0.05, 0) is 49.8 Å². The molecule has 2 amide bonds. The second-order valence-electron chi connectivity index (χ2n) is 9.03. The zero-order valence-corrected chi connectivity index (χ0v) is 19.8. The van der Waals surface area contributed by atoms with E-state index in [-0.39, 0.29) is 24.4 Å². The molecule has 7 heteroatoms. The number of ether oxygens (including phenoxy) is 2. The number of hydrogen-bond donors (Lipinski definition) is 2. The predicted octanol–water partition coefficient (Wildman–Crippen LogP) is 3.28. The van der Waals surface area contributed by atoms with Crippen LogP contribution in [-0.4, -0.2) is 55.7 Å². The van der Waals surface area contributed by atoms with Gasteiger partial charge in [-0.1, -0.05) is 36.4 Å². The molecule has 4 rings (SSSR count). The molecule has 7 nitrogen and oxygen atoms in total. The largest absolute Gasteiger partial charge is 0.493 e. The van der Waals surface area contributed by atoms with E-state index in [1.165, 1.54) is 0 Å². The summed E-state index contributed by atoms with van der Waals surface area (Å²) in [5.41, 5.74) is 2.55. The Balaban J connectivity index is 1.62. The molecule has 2 aliphatic heterocycles. The fraction of sp³-hybridized carbons (Fsp3) is 0.481. The summed E-state index contributed by atoms with van der Waals surface area (Å²) in [4.78, 5) is 28.1. The van der Waals surface area contributed by atoms with Gasteiger partial charge in [0.15, 0.2) is 0 Å². The van der Waals surface area contributed by atoms with Crippen LogP contribution in [0.25, 0.3) is 0 Å². The Bertz CT molecular complexity index is 944. The van der Waals surface area contributed by atoms with Crippen LogP contribution in [0.15, 0.2) is 48.5 Å². The van der Waals surface area contributed by atoms with Gasteiger partial charge in [0.05, 0.1) is 13.2 Å². The van der Waals surface area contributed by atoms with Crippen molar-refractivity contribution < 1.29 is 19.1 Å². The van der Waals surface area contributed by atoms with Gasteiger partial charge in [-0.2, -0.15) is 0 Å². The highest BCUT2D eigenvalue weighted by molar-refractivity contribution is 5.96. The summed E-state index contributed by atoms with van der Waals surface area (Å²) >= 11 is 0. The number of hydrogen-bond acceptors (Lipinski definition) is 5. The molecule has 0 saturated carbocycles. The van der Waals surface area contributed by atoms with Crippen molar-refractivity contribution in [3.8, 4) is 5.75 Å². The maximum Gasteiger partial charge on any atom is 0.251 e. The summed E-state index contributed by atoms with van der Waals surface area (Å²) in [5.74, 6) is 0.625. The minimum Gasteiger partial charge on any atom is -0.493 e. The fourth-order valence-electron chi connectivity index (χ4n) is 4.49. The smallest absolute Gasteiger partial charge is 0.251 e. The van der Waals surface area contributed by atoms with Gasteiger partial charge in [-0.3, -0.25) is 14.5 Å². The van der Waals surface area contributed by atoms with Crippen LogP contribution in [0.3, 0.4) is 0 Å². The van der Waals surface area contributed by atoms with E-state index in [0.717, 1.165) is 49.0 Å². The third-order valence-corrected chi connectivity index (χ3v) is 6.33. The van der Waals surface area contributed by atoms with Gasteiger partial charge in [-0.25, -0.2) is 0 Å². The van der Waals surface area contributed by atoms with Crippen LogP contribution < -0.4 is 15.4 Å². The minimum atomic E-state index is -0.0965. The van der Waals surface area contributed by atoms with Crippen LogP contribution >= 0.6 is 0 Å². The lowest BCUT2D eigenvalue weighted by Crippen LogP contribution is -2.40. The standard InChI is InChI=1S/C27H35N3O4/c31-26-20-30(18-21-8-3-1-4-9-21)19-24-23(27(32)29-22-12-16-33-17-13-22)10-7-11-25(24)34-15-6-2-5-14-28-26/h1,3-4,7-11,22H,2,5-6,12-20H2,(H,28,31)(H,29,32). The normalized spacial score (nSPS) is 18.9. The molecule has 2 aliphatic rings. The Labute approximate surface area is 201 Å². The summed E-state index contributed by atoms with van der Waals surface area (Å²) in [6.45, 7) is 3.89. The van der Waals surface area contributed by atoms with Crippen molar-refractivity contribution >= 4 is 11.8 Å². The lowest BCUT2D eigenvalue weighted by Gasteiger charge is -2.26. The van der Waals surface area contributed by atoms with Crippen molar-refractivity contribution in [1.82, 2.24) is 15.5 Å². The Morgan fingerprint density at radius 1 is 0.971 bits per heavy atom. The van der Waals surface area contributed by atoms with E-state index in [4.69, 9.17) is 9.47 Å². The number of rotatable bonds is 4. The first-order chi connectivity index (χ1) is 16.7. The summed E-state index contributed by atoms with van der Waals surface area (Å²) in [5, 5.41) is 6.22. The molecule has 2 heterocycles. The first kappa shape index (κ1) is 24.2. The highest BCUT2D eigenvalue weighted by atomic mass is 16.5. The Morgan fingerprint density at radius 2 is 1.79 bits per heavy atom. The Morgan fingerprint density at radius 3 is 2.62 bits per heavy atom. The molecule has 0 bridgehead atoms. The number of carbonyl (C=O) groups excluding carboxylic acids is 2. The number of nitrogens with one attached hydrogen (secondary N) is 2. The van der Waals surface area contributed by atoms with E-state index in [1.54, 1.807) is 0 Å². The monoisotopic (exact) mass is 465 g/mol. The van der Waals surface area contributed by atoms with Gasteiger partial charge >= 0.3 is 0 Å². The van der Waals surface area contributed by atoms with E-state index in [1.807, 2.05) is 36.4 Å². The van der Waals surface area contributed by atoms with E-state index >= 15 is 0 Å². The second-order valence-corrected chi connectivity index (χ2v) is 9.03. The molecule has 0 spiro atoms. The summed E-state index contributed by atoms with van der Waals surface area (Å²) < 4.78 is 11.6. The molecule has 2 N–H and O–H groups in total. The van der Waals surface area contributed by atoms with E-state index < -0.39 is 0 Å². The number of fused-ring (bicyclic) bond motifs is 1. The van der Waals surface area contributed by atoms with Crippen LogP contribution in [-0.2, 0) is 22.6 Å².